The van der Waals surface area contributed by atoms with E-state index in [1.807, 2.05) is 36.4 Å². The Kier molecular flexibility index (Phi) is 6.81. The van der Waals surface area contributed by atoms with Crippen molar-refractivity contribution in [1.29, 1.82) is 0 Å². The molecule has 0 saturated heterocycles. The molecule has 0 aliphatic heterocycles. The average molecular weight is 394 g/mol. The van der Waals surface area contributed by atoms with Crippen LogP contribution in [0.3, 0.4) is 0 Å². The van der Waals surface area contributed by atoms with Crippen LogP contribution in [0.2, 0.25) is 0 Å². The molecule has 0 heterocycles. The zero-order valence-corrected chi connectivity index (χ0v) is 16.2. The van der Waals surface area contributed by atoms with Gasteiger partial charge in [-0.05, 0) is 35.4 Å². The standard InChI is InChI=1S/C22H22N2O3S/c23-22(25)24(28)19-8-4-9-21(16-19)27-15-5-14-26-20-12-10-18(11-13-20)17-6-2-1-3-7-17/h1-4,6-13,16,28H,5,14-15H2,(H2,23,25). The minimum atomic E-state index is -0.646. The third-order valence-corrected chi connectivity index (χ3v) is 4.49. The van der Waals surface area contributed by atoms with E-state index < -0.39 is 6.03 Å². The summed E-state index contributed by atoms with van der Waals surface area (Å²) in [6.45, 7) is 1.04. The smallest absolute Gasteiger partial charge is 0.329 e. The highest BCUT2D eigenvalue weighted by Gasteiger charge is 2.08. The third-order valence-electron chi connectivity index (χ3n) is 4.06. The molecular weight excluding hydrogens is 372 g/mol. The Morgan fingerprint density at radius 2 is 1.46 bits per heavy atom. The molecule has 5 nitrogen and oxygen atoms in total. The van der Waals surface area contributed by atoms with Crippen LogP contribution in [-0.2, 0) is 0 Å². The molecule has 0 spiro atoms. The van der Waals surface area contributed by atoms with Crippen LogP contribution in [0.5, 0.6) is 11.5 Å². The Balaban J connectivity index is 1.43. The number of anilines is 1. The van der Waals surface area contributed by atoms with Gasteiger partial charge in [-0.25, -0.2) is 9.10 Å². The molecule has 0 saturated carbocycles. The van der Waals surface area contributed by atoms with Crippen LogP contribution in [0.4, 0.5) is 10.5 Å². The van der Waals surface area contributed by atoms with E-state index in [0.717, 1.165) is 22.0 Å². The Hall–Kier alpha value is -3.12. The first-order valence-electron chi connectivity index (χ1n) is 8.93. The Morgan fingerprint density at radius 1 is 0.821 bits per heavy atom. The largest absolute Gasteiger partial charge is 0.493 e. The van der Waals surface area contributed by atoms with Gasteiger partial charge in [-0.15, -0.1) is 0 Å². The first kappa shape index (κ1) is 19.6. The Morgan fingerprint density at radius 3 is 2.14 bits per heavy atom. The molecular formula is C22H22N2O3S. The van der Waals surface area contributed by atoms with Gasteiger partial charge in [0.2, 0.25) is 0 Å². The van der Waals surface area contributed by atoms with Gasteiger partial charge in [-0.1, -0.05) is 61.3 Å². The lowest BCUT2D eigenvalue weighted by atomic mass is 10.1. The summed E-state index contributed by atoms with van der Waals surface area (Å²) in [5.74, 6) is 1.47. The van der Waals surface area contributed by atoms with Crippen molar-refractivity contribution in [3.63, 3.8) is 0 Å². The van der Waals surface area contributed by atoms with Crippen molar-refractivity contribution < 1.29 is 14.3 Å². The molecule has 0 unspecified atom stereocenters. The van der Waals surface area contributed by atoms with E-state index in [1.54, 1.807) is 18.2 Å². The van der Waals surface area contributed by atoms with E-state index >= 15 is 0 Å². The second-order valence-electron chi connectivity index (χ2n) is 6.09. The lowest BCUT2D eigenvalue weighted by Crippen LogP contribution is -2.27. The lowest BCUT2D eigenvalue weighted by Gasteiger charge is -2.14. The van der Waals surface area contributed by atoms with Crippen LogP contribution in [0.25, 0.3) is 11.1 Å². The lowest BCUT2D eigenvalue weighted by molar-refractivity contribution is 0.247. The predicted molar refractivity (Wildman–Crippen MR) is 115 cm³/mol. The predicted octanol–water partition coefficient (Wildman–Crippen LogP) is 4.93. The maximum Gasteiger partial charge on any atom is 0.329 e. The number of carbonyl (C=O) groups is 1. The van der Waals surface area contributed by atoms with Gasteiger partial charge in [0.15, 0.2) is 0 Å². The zero-order valence-electron chi connectivity index (χ0n) is 15.3. The minimum Gasteiger partial charge on any atom is -0.493 e. The number of benzene rings is 3. The van der Waals surface area contributed by atoms with Crippen molar-refractivity contribution >= 4 is 24.5 Å². The van der Waals surface area contributed by atoms with Crippen LogP contribution in [0, 0.1) is 0 Å². The van der Waals surface area contributed by atoms with E-state index in [9.17, 15) is 4.79 Å². The number of hydrogen-bond acceptors (Lipinski definition) is 4. The second kappa shape index (κ2) is 9.71. The number of ether oxygens (including phenoxy) is 2. The van der Waals surface area contributed by atoms with Gasteiger partial charge in [0, 0.05) is 12.5 Å². The number of nitrogens with zero attached hydrogens (tertiary/aromatic N) is 1. The summed E-state index contributed by atoms with van der Waals surface area (Å²) < 4.78 is 12.5. The summed E-state index contributed by atoms with van der Waals surface area (Å²) in [6, 6.07) is 24.6. The molecule has 2 N–H and O–H groups in total. The molecule has 0 bridgehead atoms. The minimum absolute atomic E-state index is 0.495. The highest BCUT2D eigenvalue weighted by atomic mass is 32.1. The quantitative estimate of drug-likeness (QED) is 0.420. The number of amides is 2. The third kappa shape index (κ3) is 5.44. The number of rotatable bonds is 8. The van der Waals surface area contributed by atoms with Gasteiger partial charge in [-0.3, -0.25) is 0 Å². The number of carbonyl (C=O) groups excluding carboxylic acids is 1. The van der Waals surface area contributed by atoms with Crippen molar-refractivity contribution in [3.05, 3.63) is 78.9 Å². The van der Waals surface area contributed by atoms with Gasteiger partial charge >= 0.3 is 6.03 Å². The van der Waals surface area contributed by atoms with Crippen LogP contribution in [0.15, 0.2) is 78.9 Å². The SMILES string of the molecule is NC(=O)N(S)c1cccc(OCCCOc2ccc(-c3ccccc3)cc2)c1. The maximum atomic E-state index is 11.2. The maximum absolute atomic E-state index is 11.2. The summed E-state index contributed by atoms with van der Waals surface area (Å²) in [4.78, 5) is 11.2. The monoisotopic (exact) mass is 394 g/mol. The first-order chi connectivity index (χ1) is 13.6. The van der Waals surface area contributed by atoms with Gasteiger partial charge in [0.1, 0.15) is 11.5 Å². The first-order valence-corrected chi connectivity index (χ1v) is 9.33. The van der Waals surface area contributed by atoms with Crippen LogP contribution < -0.4 is 19.5 Å². The van der Waals surface area contributed by atoms with E-state index in [0.29, 0.717) is 24.7 Å². The zero-order chi connectivity index (χ0) is 19.8. The van der Waals surface area contributed by atoms with Gasteiger partial charge in [-0.2, -0.15) is 0 Å². The van der Waals surface area contributed by atoms with E-state index in [1.165, 1.54) is 5.56 Å². The van der Waals surface area contributed by atoms with Crippen molar-refractivity contribution in [2.24, 2.45) is 5.73 Å². The van der Waals surface area contributed by atoms with Gasteiger partial charge in [0.05, 0.1) is 18.9 Å². The summed E-state index contributed by atoms with van der Waals surface area (Å²) in [6.07, 6.45) is 0.727. The summed E-state index contributed by atoms with van der Waals surface area (Å²) in [7, 11) is 0. The van der Waals surface area contributed by atoms with E-state index in [2.05, 4.69) is 37.1 Å². The van der Waals surface area contributed by atoms with Crippen molar-refractivity contribution in [3.8, 4) is 22.6 Å². The number of nitrogens with two attached hydrogens (primary N) is 1. The summed E-state index contributed by atoms with van der Waals surface area (Å²) in [5, 5.41) is 0. The van der Waals surface area contributed by atoms with Crippen molar-refractivity contribution in [1.82, 2.24) is 0 Å². The molecule has 0 aromatic heterocycles. The highest BCUT2D eigenvalue weighted by Crippen LogP contribution is 2.23. The topological polar surface area (TPSA) is 64.8 Å². The fourth-order valence-electron chi connectivity index (χ4n) is 2.65. The molecule has 3 aromatic rings. The molecule has 2 amide bonds. The van der Waals surface area contributed by atoms with E-state index in [4.69, 9.17) is 15.2 Å². The number of urea groups is 1. The Labute approximate surface area is 170 Å². The molecule has 0 aliphatic carbocycles. The fourth-order valence-corrected chi connectivity index (χ4v) is 2.77. The molecule has 3 rings (SSSR count). The molecule has 3 aromatic carbocycles. The Bertz CT molecular complexity index is 901. The number of hydrogen-bond donors (Lipinski definition) is 2. The average Bonchev–Trinajstić information content (AvgIpc) is 2.74. The number of primary amides is 1. The molecule has 0 radical (unpaired) electrons. The summed E-state index contributed by atoms with van der Waals surface area (Å²) >= 11 is 4.04. The summed E-state index contributed by atoms with van der Waals surface area (Å²) in [5.41, 5.74) is 8.11. The van der Waals surface area contributed by atoms with Crippen LogP contribution >= 0.6 is 12.8 Å². The molecule has 144 valence electrons. The fraction of sp³-hybridized carbons (Fsp3) is 0.136. The van der Waals surface area contributed by atoms with Gasteiger partial charge < -0.3 is 15.2 Å². The van der Waals surface area contributed by atoms with E-state index in [-0.39, 0.29) is 0 Å². The number of thiol groups is 1. The normalized spacial score (nSPS) is 10.3. The second-order valence-corrected chi connectivity index (χ2v) is 6.49. The van der Waals surface area contributed by atoms with Crippen molar-refractivity contribution in [2.45, 2.75) is 6.42 Å². The van der Waals surface area contributed by atoms with Crippen molar-refractivity contribution in [2.75, 3.05) is 17.5 Å². The van der Waals surface area contributed by atoms with Crippen LogP contribution in [0.1, 0.15) is 6.42 Å². The molecule has 0 fully saturated rings. The van der Waals surface area contributed by atoms with Crippen LogP contribution in [-0.4, -0.2) is 19.2 Å². The molecule has 28 heavy (non-hydrogen) atoms. The molecule has 6 heteroatoms. The molecule has 0 atom stereocenters. The molecule has 0 aliphatic rings. The highest BCUT2D eigenvalue weighted by molar-refractivity contribution is 7.82. The van der Waals surface area contributed by atoms with Gasteiger partial charge in [0.25, 0.3) is 0 Å².